The first-order valence-corrected chi connectivity index (χ1v) is 17.2. The summed E-state index contributed by atoms with van der Waals surface area (Å²) in [6.07, 6.45) is 0. The van der Waals surface area contributed by atoms with Gasteiger partial charge in [0.2, 0.25) is 0 Å². The van der Waals surface area contributed by atoms with Crippen LogP contribution in [0.1, 0.15) is 0 Å². The molecule has 5 heteroatoms. The molecule has 2 nitrogen and oxygen atoms in total. The summed E-state index contributed by atoms with van der Waals surface area (Å²) in [6.45, 7) is 0. The van der Waals surface area contributed by atoms with Gasteiger partial charge in [-0.1, -0.05) is 133 Å². The lowest BCUT2D eigenvalue weighted by Crippen LogP contribution is -1.90. The largest absolute Gasteiger partial charge is 0.172 e. The monoisotopic (exact) mass is 630 g/mol. The summed E-state index contributed by atoms with van der Waals surface area (Å²) in [4.78, 5) is 2.49. The van der Waals surface area contributed by atoms with Crippen LogP contribution in [0.3, 0.4) is 0 Å². The maximum atomic E-state index is 4.49. The van der Waals surface area contributed by atoms with Crippen LogP contribution in [0.5, 0.6) is 0 Å². The average Bonchev–Trinajstić information content (AvgIpc) is 3.92. The molecule has 0 atom stereocenters. The number of aromatic nitrogens is 2. The van der Waals surface area contributed by atoms with Crippen molar-refractivity contribution in [2.24, 2.45) is 0 Å². The highest BCUT2D eigenvalue weighted by Crippen LogP contribution is 2.43. The van der Waals surface area contributed by atoms with Crippen molar-refractivity contribution in [2.75, 3.05) is 0 Å². The molecule has 0 radical (unpaired) electrons. The van der Waals surface area contributed by atoms with Gasteiger partial charge in [-0.25, -0.2) is 0 Å². The molecule has 6 aromatic carbocycles. The Labute approximate surface area is 273 Å². The van der Waals surface area contributed by atoms with E-state index in [1.54, 1.807) is 22.7 Å². The number of rotatable bonds is 4. The van der Waals surface area contributed by atoms with Gasteiger partial charge >= 0.3 is 0 Å². The summed E-state index contributed by atoms with van der Waals surface area (Å²) in [6, 6.07) is 51.7. The topological polar surface area (TPSA) is 25.8 Å². The van der Waals surface area contributed by atoms with Crippen molar-refractivity contribution in [1.29, 1.82) is 0 Å². The summed E-state index contributed by atoms with van der Waals surface area (Å²) in [5, 5.41) is 9.39. The summed E-state index contributed by atoms with van der Waals surface area (Å²) in [5.41, 5.74) is 9.54. The second kappa shape index (κ2) is 12.2. The van der Waals surface area contributed by atoms with E-state index in [0.29, 0.717) is 0 Å². The van der Waals surface area contributed by atoms with Crippen molar-refractivity contribution >= 4 is 67.0 Å². The van der Waals surface area contributed by atoms with E-state index in [-0.39, 0.29) is 0 Å². The van der Waals surface area contributed by atoms with Gasteiger partial charge in [0.05, 0.1) is 11.7 Å². The minimum Gasteiger partial charge on any atom is -0.172 e. The number of nitrogens with zero attached hydrogens (tertiary/aromatic N) is 2. The van der Waals surface area contributed by atoms with E-state index < -0.39 is 0 Å². The molecule has 0 N–H and O–H groups in total. The Morgan fingerprint density at radius 1 is 0.356 bits per heavy atom. The van der Waals surface area contributed by atoms with Crippen LogP contribution in [-0.2, 0) is 0 Å². The average molecular weight is 631 g/mol. The molecule has 9 rings (SSSR count). The molecule has 0 saturated carbocycles. The quantitative estimate of drug-likeness (QED) is 0.181. The van der Waals surface area contributed by atoms with Crippen molar-refractivity contribution < 1.29 is 0 Å². The normalized spacial score (nSPS) is 11.1. The molecule has 0 spiro atoms. The number of thiophene rings is 2. The van der Waals surface area contributed by atoms with Gasteiger partial charge in [-0.05, 0) is 66.7 Å². The first-order valence-electron chi connectivity index (χ1n) is 14.7. The Bertz CT molecular complexity index is 2130. The maximum absolute atomic E-state index is 4.49. The zero-order chi connectivity index (χ0) is 30.0. The van der Waals surface area contributed by atoms with Crippen LogP contribution >= 0.6 is 34.4 Å². The van der Waals surface area contributed by atoms with Crippen molar-refractivity contribution in [3.8, 4) is 43.1 Å². The maximum Gasteiger partial charge on any atom is 0.114 e. The lowest BCUT2D eigenvalue weighted by molar-refractivity contribution is 1.63. The van der Waals surface area contributed by atoms with Gasteiger partial charge in [0, 0.05) is 20.9 Å². The predicted octanol–water partition coefficient (Wildman–Crippen LogP) is 12.5. The zero-order valence-electron chi connectivity index (χ0n) is 24.1. The van der Waals surface area contributed by atoms with Gasteiger partial charge in [-0.15, -0.1) is 22.7 Å². The Morgan fingerprint density at radius 2 is 0.733 bits per heavy atom. The van der Waals surface area contributed by atoms with Crippen LogP contribution in [0.4, 0.5) is 0 Å². The fourth-order valence-corrected chi connectivity index (χ4v) is 8.17. The van der Waals surface area contributed by atoms with Crippen LogP contribution < -0.4 is 0 Å². The molecule has 0 aliphatic rings. The van der Waals surface area contributed by atoms with E-state index in [1.807, 2.05) is 0 Å². The SMILES string of the molecule is c1ccc(-c2c3ccccc3c(-c3ccccc3)c3ccccc23)cc1.c1csc(-c2ccc(-c3cccs3)c3nsnc23)c1. The van der Waals surface area contributed by atoms with E-state index in [1.165, 1.54) is 76.4 Å². The summed E-state index contributed by atoms with van der Waals surface area (Å²) in [5.74, 6) is 0. The minimum atomic E-state index is 1.01. The molecule has 214 valence electrons. The van der Waals surface area contributed by atoms with Gasteiger partial charge < -0.3 is 0 Å². The fraction of sp³-hybridized carbons (Fsp3) is 0. The molecule has 3 aromatic heterocycles. The second-order valence-electron chi connectivity index (χ2n) is 10.6. The van der Waals surface area contributed by atoms with E-state index in [4.69, 9.17) is 0 Å². The Balaban J connectivity index is 0.000000140. The number of benzene rings is 6. The van der Waals surface area contributed by atoms with Crippen molar-refractivity contribution in [3.05, 3.63) is 156 Å². The molecule has 0 amide bonds. The smallest absolute Gasteiger partial charge is 0.114 e. The zero-order valence-corrected chi connectivity index (χ0v) is 26.6. The summed E-state index contributed by atoms with van der Waals surface area (Å²) >= 11 is 4.76. The third kappa shape index (κ3) is 5.15. The molecular formula is C40H26N2S3. The molecule has 0 aliphatic heterocycles. The Kier molecular flexibility index (Phi) is 7.49. The van der Waals surface area contributed by atoms with Gasteiger partial charge in [0.15, 0.2) is 0 Å². The number of hydrogen-bond acceptors (Lipinski definition) is 5. The fourth-order valence-electron chi connectivity index (χ4n) is 6.09. The Hall–Kier alpha value is -4.94. The van der Waals surface area contributed by atoms with Crippen molar-refractivity contribution in [2.45, 2.75) is 0 Å². The lowest BCUT2D eigenvalue weighted by atomic mass is 9.86. The summed E-state index contributed by atoms with van der Waals surface area (Å²) < 4.78 is 8.97. The summed E-state index contributed by atoms with van der Waals surface area (Å²) in [7, 11) is 0. The van der Waals surface area contributed by atoms with Gasteiger partial charge in [0.1, 0.15) is 11.0 Å². The molecule has 3 heterocycles. The van der Waals surface area contributed by atoms with Crippen LogP contribution in [0.15, 0.2) is 156 Å². The molecule has 9 aromatic rings. The highest BCUT2D eigenvalue weighted by molar-refractivity contribution is 7.14. The minimum absolute atomic E-state index is 1.01. The standard InChI is InChI=1S/C26H18.C14H8N2S3/c1-3-11-19(12-4-1)25-21-15-7-9-17-23(21)26(20-13-5-2-6-14-20)24-18-10-8-16-22(24)25;1-3-11(17-7-1)9-5-6-10(12-4-2-8-18-12)14-13(9)15-19-16-14/h1-18H;1-8H. The second-order valence-corrected chi connectivity index (χ2v) is 13.1. The van der Waals surface area contributed by atoms with E-state index in [9.17, 15) is 0 Å². The molecule has 0 aliphatic carbocycles. The predicted molar refractivity (Wildman–Crippen MR) is 196 cm³/mol. The molecular weight excluding hydrogens is 605 g/mol. The molecule has 0 fully saturated rings. The lowest BCUT2D eigenvalue weighted by Gasteiger charge is -2.17. The van der Waals surface area contributed by atoms with Gasteiger partial charge in [-0.3, -0.25) is 0 Å². The van der Waals surface area contributed by atoms with Gasteiger partial charge in [-0.2, -0.15) is 8.75 Å². The third-order valence-corrected chi connectivity index (χ3v) is 10.4. The molecule has 0 bridgehead atoms. The first-order chi connectivity index (χ1) is 22.4. The van der Waals surface area contributed by atoms with Crippen molar-refractivity contribution in [3.63, 3.8) is 0 Å². The molecule has 0 saturated heterocycles. The Morgan fingerprint density at radius 3 is 1.09 bits per heavy atom. The highest BCUT2D eigenvalue weighted by Gasteiger charge is 2.16. The van der Waals surface area contributed by atoms with Gasteiger partial charge in [0.25, 0.3) is 0 Å². The first kappa shape index (κ1) is 27.6. The number of fused-ring (bicyclic) bond motifs is 3. The van der Waals surface area contributed by atoms with Crippen LogP contribution in [-0.4, -0.2) is 8.75 Å². The molecule has 45 heavy (non-hydrogen) atoms. The number of hydrogen-bond donors (Lipinski definition) is 0. The van der Waals surface area contributed by atoms with Crippen LogP contribution in [0.2, 0.25) is 0 Å². The van der Waals surface area contributed by atoms with E-state index in [0.717, 1.165) is 11.0 Å². The van der Waals surface area contributed by atoms with E-state index >= 15 is 0 Å². The van der Waals surface area contributed by atoms with E-state index in [2.05, 4.69) is 165 Å². The van der Waals surface area contributed by atoms with Crippen LogP contribution in [0, 0.1) is 0 Å². The van der Waals surface area contributed by atoms with Crippen LogP contribution in [0.25, 0.3) is 75.7 Å². The van der Waals surface area contributed by atoms with Crippen molar-refractivity contribution in [1.82, 2.24) is 8.75 Å². The highest BCUT2D eigenvalue weighted by atomic mass is 32.1. The molecule has 0 unspecified atom stereocenters. The third-order valence-electron chi connectivity index (χ3n) is 8.05.